The fourth-order valence-electron chi connectivity index (χ4n) is 3.75. The number of imide groups is 1. The van der Waals surface area contributed by atoms with Gasteiger partial charge < -0.3 is 14.8 Å². The third-order valence-corrected chi connectivity index (χ3v) is 8.20. The molecule has 0 unspecified atom stereocenters. The van der Waals surface area contributed by atoms with Crippen molar-refractivity contribution in [3.05, 3.63) is 90.7 Å². The van der Waals surface area contributed by atoms with Crippen molar-refractivity contribution in [3.8, 4) is 11.5 Å². The van der Waals surface area contributed by atoms with Crippen molar-refractivity contribution in [3.63, 3.8) is 0 Å². The molecule has 0 aromatic heterocycles. The van der Waals surface area contributed by atoms with E-state index < -0.39 is 0 Å². The number of hydrogen-bond donors (Lipinski definition) is 1. The minimum Gasteiger partial charge on any atom is -0.493 e. The van der Waals surface area contributed by atoms with E-state index in [9.17, 15) is 14.4 Å². The molecule has 3 amide bonds. The van der Waals surface area contributed by atoms with Gasteiger partial charge in [-0.2, -0.15) is 0 Å². The van der Waals surface area contributed by atoms with E-state index in [1.54, 1.807) is 24.3 Å². The van der Waals surface area contributed by atoms with E-state index in [1.165, 1.54) is 12.0 Å². The zero-order valence-electron chi connectivity index (χ0n) is 20.8. The van der Waals surface area contributed by atoms with E-state index in [-0.39, 0.29) is 30.2 Å². The van der Waals surface area contributed by atoms with Crippen LogP contribution in [-0.2, 0) is 16.1 Å². The fourth-order valence-corrected chi connectivity index (χ4v) is 5.47. The topological polar surface area (TPSA) is 84.9 Å². The molecule has 196 valence electrons. The highest BCUT2D eigenvalue weighted by atomic mass is 79.9. The predicted octanol–water partition coefficient (Wildman–Crippen LogP) is 7.09. The van der Waals surface area contributed by atoms with E-state index >= 15 is 0 Å². The molecule has 0 aliphatic carbocycles. The highest BCUT2D eigenvalue weighted by Crippen LogP contribution is 2.35. The molecule has 38 heavy (non-hydrogen) atoms. The quantitative estimate of drug-likeness (QED) is 0.260. The first kappa shape index (κ1) is 27.9. The third-order valence-electron chi connectivity index (χ3n) is 5.94. The highest BCUT2D eigenvalue weighted by Gasteiger charge is 2.35. The van der Waals surface area contributed by atoms with E-state index in [1.807, 2.05) is 50.2 Å². The first-order valence-corrected chi connectivity index (χ1v) is 13.9. The lowest BCUT2D eigenvalue weighted by molar-refractivity contribution is -0.123. The van der Waals surface area contributed by atoms with Gasteiger partial charge in [0.1, 0.15) is 0 Å². The lowest BCUT2D eigenvalue weighted by atomic mass is 10.1. The number of thioether (sulfide) groups is 1. The maximum Gasteiger partial charge on any atom is 0.293 e. The van der Waals surface area contributed by atoms with Crippen LogP contribution < -0.4 is 14.8 Å². The van der Waals surface area contributed by atoms with Crippen molar-refractivity contribution < 1.29 is 23.9 Å². The van der Waals surface area contributed by atoms with Gasteiger partial charge in [0.25, 0.3) is 17.1 Å². The Bertz CT molecular complexity index is 1460. The van der Waals surface area contributed by atoms with Gasteiger partial charge in [-0.15, -0.1) is 0 Å². The molecule has 10 heteroatoms. The standard InChI is InChI=1S/C28H24Br2N2O5S/c1-16-17(2)22(9-8-21(16)30)31-26(33)15-37-23-10-7-18(12-24(23)36-3)13-25-27(34)32(28(35)38-25)14-19-5-4-6-20(29)11-19/h4-13H,14-15H2,1-3H3,(H,31,33)/b25-13+. The molecule has 7 nitrogen and oxygen atoms in total. The average Bonchev–Trinajstić information content (AvgIpc) is 3.15. The second-order valence-electron chi connectivity index (χ2n) is 8.49. The normalized spacial score (nSPS) is 14.2. The SMILES string of the molecule is COc1cc(/C=C2/SC(=O)N(Cc3cccc(Br)c3)C2=O)ccc1OCC(=O)Nc1ccc(Br)c(C)c1C. The summed E-state index contributed by atoms with van der Waals surface area (Å²) in [6, 6.07) is 16.3. The number of amides is 3. The number of carbonyl (C=O) groups excluding carboxylic acids is 3. The summed E-state index contributed by atoms with van der Waals surface area (Å²) >= 11 is 7.79. The van der Waals surface area contributed by atoms with Crippen LogP contribution in [0.2, 0.25) is 0 Å². The maximum atomic E-state index is 12.9. The molecule has 0 atom stereocenters. The molecule has 4 rings (SSSR count). The van der Waals surface area contributed by atoms with Gasteiger partial charge in [0.15, 0.2) is 18.1 Å². The fraction of sp³-hybridized carbons (Fsp3) is 0.179. The molecule has 0 radical (unpaired) electrons. The number of rotatable bonds is 8. The number of nitrogens with zero attached hydrogens (tertiary/aromatic N) is 1. The zero-order chi connectivity index (χ0) is 27.4. The first-order valence-electron chi connectivity index (χ1n) is 11.5. The minimum atomic E-state index is -0.352. The molecular weight excluding hydrogens is 636 g/mol. The largest absolute Gasteiger partial charge is 0.493 e. The van der Waals surface area contributed by atoms with Crippen LogP contribution in [0, 0.1) is 13.8 Å². The second kappa shape index (κ2) is 12.2. The number of hydrogen-bond acceptors (Lipinski definition) is 6. The van der Waals surface area contributed by atoms with Crippen LogP contribution in [0.5, 0.6) is 11.5 Å². The van der Waals surface area contributed by atoms with Crippen LogP contribution in [0.15, 0.2) is 68.4 Å². The summed E-state index contributed by atoms with van der Waals surface area (Å²) in [6.45, 7) is 3.90. The summed E-state index contributed by atoms with van der Waals surface area (Å²) in [6.07, 6.45) is 1.64. The Kier molecular flexibility index (Phi) is 8.96. The molecule has 1 saturated heterocycles. The number of anilines is 1. The molecule has 1 aliphatic rings. The zero-order valence-corrected chi connectivity index (χ0v) is 24.8. The molecule has 0 spiro atoms. The Labute approximate surface area is 241 Å². The second-order valence-corrected chi connectivity index (χ2v) is 11.3. The lowest BCUT2D eigenvalue weighted by Gasteiger charge is -2.14. The number of ether oxygens (including phenoxy) is 2. The summed E-state index contributed by atoms with van der Waals surface area (Å²) < 4.78 is 13.0. The van der Waals surface area contributed by atoms with Crippen LogP contribution in [0.4, 0.5) is 10.5 Å². The summed E-state index contributed by atoms with van der Waals surface area (Å²) in [4.78, 5) is 39.5. The highest BCUT2D eigenvalue weighted by molar-refractivity contribution is 9.10. The average molecular weight is 660 g/mol. The number of methoxy groups -OCH3 is 1. The molecule has 1 N–H and O–H groups in total. The van der Waals surface area contributed by atoms with Gasteiger partial charge in [-0.25, -0.2) is 0 Å². The van der Waals surface area contributed by atoms with Crippen LogP contribution in [0.25, 0.3) is 6.08 Å². The van der Waals surface area contributed by atoms with Crippen molar-refractivity contribution >= 4 is 72.4 Å². The predicted molar refractivity (Wildman–Crippen MR) is 156 cm³/mol. The van der Waals surface area contributed by atoms with E-state index in [4.69, 9.17) is 9.47 Å². The lowest BCUT2D eigenvalue weighted by Crippen LogP contribution is -2.27. The number of benzene rings is 3. The monoisotopic (exact) mass is 658 g/mol. The summed E-state index contributed by atoms with van der Waals surface area (Å²) in [5, 5.41) is 2.54. The Hall–Kier alpha value is -3.08. The minimum absolute atomic E-state index is 0.193. The van der Waals surface area contributed by atoms with E-state index in [0.29, 0.717) is 22.0 Å². The van der Waals surface area contributed by atoms with Crippen LogP contribution in [0.1, 0.15) is 22.3 Å². The van der Waals surface area contributed by atoms with Crippen molar-refractivity contribution in [2.75, 3.05) is 19.0 Å². The van der Waals surface area contributed by atoms with Gasteiger partial charge in [-0.3, -0.25) is 19.3 Å². The third kappa shape index (κ3) is 6.48. The smallest absolute Gasteiger partial charge is 0.293 e. The Balaban J connectivity index is 1.42. The molecule has 3 aromatic carbocycles. The summed E-state index contributed by atoms with van der Waals surface area (Å²) in [5.41, 5.74) is 4.24. The molecule has 1 fully saturated rings. The van der Waals surface area contributed by atoms with Gasteiger partial charge in [0, 0.05) is 14.6 Å². The maximum absolute atomic E-state index is 12.9. The van der Waals surface area contributed by atoms with Crippen molar-refractivity contribution in [2.24, 2.45) is 0 Å². The Morgan fingerprint density at radius 3 is 2.55 bits per heavy atom. The van der Waals surface area contributed by atoms with Gasteiger partial charge in [0.2, 0.25) is 0 Å². The van der Waals surface area contributed by atoms with Gasteiger partial charge in [0.05, 0.1) is 18.6 Å². The molecule has 1 heterocycles. The van der Waals surface area contributed by atoms with Gasteiger partial charge in [-0.1, -0.05) is 50.1 Å². The van der Waals surface area contributed by atoms with E-state index in [2.05, 4.69) is 37.2 Å². The number of nitrogens with one attached hydrogen (secondary N) is 1. The molecule has 1 aliphatic heterocycles. The van der Waals surface area contributed by atoms with Crippen molar-refractivity contribution in [2.45, 2.75) is 20.4 Å². The van der Waals surface area contributed by atoms with Crippen LogP contribution in [-0.4, -0.2) is 35.7 Å². The van der Waals surface area contributed by atoms with Gasteiger partial charge >= 0.3 is 0 Å². The van der Waals surface area contributed by atoms with E-state index in [0.717, 1.165) is 43.1 Å². The molecule has 3 aromatic rings. The van der Waals surface area contributed by atoms with Crippen LogP contribution in [0.3, 0.4) is 0 Å². The van der Waals surface area contributed by atoms with Crippen LogP contribution >= 0.6 is 43.6 Å². The molecular formula is C28H24Br2N2O5S. The van der Waals surface area contributed by atoms with Crippen molar-refractivity contribution in [1.29, 1.82) is 0 Å². The molecule has 0 bridgehead atoms. The number of halogens is 2. The number of carbonyl (C=O) groups is 3. The summed E-state index contributed by atoms with van der Waals surface area (Å²) in [5.74, 6) is 0.122. The first-order chi connectivity index (χ1) is 18.2. The van der Waals surface area contributed by atoms with Crippen molar-refractivity contribution in [1.82, 2.24) is 4.90 Å². The Morgan fingerprint density at radius 2 is 1.82 bits per heavy atom. The Morgan fingerprint density at radius 1 is 1.03 bits per heavy atom. The van der Waals surface area contributed by atoms with Gasteiger partial charge in [-0.05, 0) is 90.3 Å². The molecule has 0 saturated carbocycles. The summed E-state index contributed by atoms with van der Waals surface area (Å²) in [7, 11) is 1.49.